The van der Waals surface area contributed by atoms with Crippen LogP contribution in [0.3, 0.4) is 0 Å². The maximum absolute atomic E-state index is 8.59. The SMILES string of the molecule is COc1cccc(COc2cnc(C#N)cn2)c1. The molecule has 0 fully saturated rings. The van der Waals surface area contributed by atoms with Gasteiger partial charge in [0.1, 0.15) is 18.4 Å². The van der Waals surface area contributed by atoms with E-state index in [1.54, 1.807) is 7.11 Å². The lowest BCUT2D eigenvalue weighted by Crippen LogP contribution is -1.98. The van der Waals surface area contributed by atoms with Crippen LogP contribution < -0.4 is 9.47 Å². The first-order chi connectivity index (χ1) is 8.81. The molecule has 0 amide bonds. The number of methoxy groups -OCH3 is 1. The lowest BCUT2D eigenvalue weighted by molar-refractivity contribution is 0.291. The van der Waals surface area contributed by atoms with Crippen LogP contribution in [0.15, 0.2) is 36.7 Å². The second-order valence-corrected chi connectivity index (χ2v) is 3.49. The van der Waals surface area contributed by atoms with Gasteiger partial charge in [-0.2, -0.15) is 5.26 Å². The third-order valence-corrected chi connectivity index (χ3v) is 2.26. The van der Waals surface area contributed by atoms with Crippen LogP contribution in [-0.2, 0) is 6.61 Å². The zero-order valence-corrected chi connectivity index (χ0v) is 9.83. The Morgan fingerprint density at radius 2 is 2.17 bits per heavy atom. The first-order valence-electron chi connectivity index (χ1n) is 5.29. The third-order valence-electron chi connectivity index (χ3n) is 2.26. The Hall–Kier alpha value is -2.61. The van der Waals surface area contributed by atoms with Crippen molar-refractivity contribution < 1.29 is 9.47 Å². The molecule has 0 aliphatic carbocycles. The summed E-state index contributed by atoms with van der Waals surface area (Å²) in [5.41, 5.74) is 1.24. The highest BCUT2D eigenvalue weighted by atomic mass is 16.5. The summed E-state index contributed by atoms with van der Waals surface area (Å²) in [4.78, 5) is 7.84. The van der Waals surface area contributed by atoms with Crippen molar-refractivity contribution in [2.24, 2.45) is 0 Å². The monoisotopic (exact) mass is 241 g/mol. The molecule has 0 unspecified atom stereocenters. The maximum atomic E-state index is 8.59. The Balaban J connectivity index is 2.00. The van der Waals surface area contributed by atoms with E-state index in [1.165, 1.54) is 12.4 Å². The highest BCUT2D eigenvalue weighted by Gasteiger charge is 2.00. The van der Waals surface area contributed by atoms with Crippen molar-refractivity contribution in [1.82, 2.24) is 9.97 Å². The lowest BCUT2D eigenvalue weighted by atomic mass is 10.2. The van der Waals surface area contributed by atoms with E-state index in [9.17, 15) is 0 Å². The van der Waals surface area contributed by atoms with E-state index in [-0.39, 0.29) is 5.69 Å². The van der Waals surface area contributed by atoms with Crippen molar-refractivity contribution in [2.45, 2.75) is 6.61 Å². The van der Waals surface area contributed by atoms with E-state index in [1.807, 2.05) is 30.3 Å². The maximum Gasteiger partial charge on any atom is 0.232 e. The van der Waals surface area contributed by atoms with Gasteiger partial charge in [0.2, 0.25) is 5.88 Å². The number of nitriles is 1. The van der Waals surface area contributed by atoms with Crippen LogP contribution in [-0.4, -0.2) is 17.1 Å². The summed E-state index contributed by atoms with van der Waals surface area (Å²) in [5.74, 6) is 1.17. The summed E-state index contributed by atoms with van der Waals surface area (Å²) in [7, 11) is 1.62. The van der Waals surface area contributed by atoms with E-state index < -0.39 is 0 Å². The topological polar surface area (TPSA) is 68.0 Å². The van der Waals surface area contributed by atoms with Crippen molar-refractivity contribution in [3.8, 4) is 17.7 Å². The van der Waals surface area contributed by atoms with Crippen LogP contribution >= 0.6 is 0 Å². The molecular weight excluding hydrogens is 230 g/mol. The summed E-state index contributed by atoms with van der Waals surface area (Å²) in [6, 6.07) is 9.47. The van der Waals surface area contributed by atoms with E-state index in [4.69, 9.17) is 14.7 Å². The van der Waals surface area contributed by atoms with Gasteiger partial charge < -0.3 is 9.47 Å². The molecule has 2 aromatic rings. The van der Waals surface area contributed by atoms with Crippen LogP contribution in [0.4, 0.5) is 0 Å². The first kappa shape index (κ1) is 11.9. The normalized spacial score (nSPS) is 9.56. The second kappa shape index (κ2) is 5.64. The Bertz CT molecular complexity index is 561. The molecule has 5 heteroatoms. The fourth-order valence-corrected chi connectivity index (χ4v) is 1.37. The van der Waals surface area contributed by atoms with E-state index in [0.29, 0.717) is 12.5 Å². The van der Waals surface area contributed by atoms with Gasteiger partial charge in [-0.3, -0.25) is 0 Å². The zero-order chi connectivity index (χ0) is 12.8. The number of ether oxygens (including phenoxy) is 2. The largest absolute Gasteiger partial charge is 0.497 e. The number of hydrogen-bond acceptors (Lipinski definition) is 5. The van der Waals surface area contributed by atoms with Gasteiger partial charge >= 0.3 is 0 Å². The van der Waals surface area contributed by atoms with Gasteiger partial charge in [-0.05, 0) is 17.7 Å². The second-order valence-electron chi connectivity index (χ2n) is 3.49. The summed E-state index contributed by atoms with van der Waals surface area (Å²) in [6.45, 7) is 0.373. The van der Waals surface area contributed by atoms with Gasteiger partial charge in [-0.15, -0.1) is 0 Å². The molecule has 0 bridgehead atoms. The number of aromatic nitrogens is 2. The van der Waals surface area contributed by atoms with Gasteiger partial charge in [0, 0.05) is 0 Å². The number of benzene rings is 1. The summed E-state index contributed by atoms with van der Waals surface area (Å²) in [6.07, 6.45) is 2.81. The molecular formula is C13H11N3O2. The quantitative estimate of drug-likeness (QED) is 0.818. The molecule has 5 nitrogen and oxygen atoms in total. The van der Waals surface area contributed by atoms with Crippen LogP contribution in [0.25, 0.3) is 0 Å². The molecule has 1 heterocycles. The molecule has 90 valence electrons. The minimum Gasteiger partial charge on any atom is -0.497 e. The standard InChI is InChI=1S/C13H11N3O2/c1-17-12-4-2-3-10(5-12)9-18-13-8-15-11(6-14)7-16-13/h2-5,7-8H,9H2,1H3. The molecule has 0 aliphatic heterocycles. The van der Waals surface area contributed by atoms with Gasteiger partial charge in [-0.1, -0.05) is 12.1 Å². The Morgan fingerprint density at radius 3 is 2.83 bits per heavy atom. The van der Waals surface area contributed by atoms with Crippen molar-refractivity contribution in [1.29, 1.82) is 5.26 Å². The van der Waals surface area contributed by atoms with Crippen molar-refractivity contribution in [3.63, 3.8) is 0 Å². The molecule has 0 spiro atoms. The highest BCUT2D eigenvalue weighted by Crippen LogP contribution is 2.14. The Kier molecular flexibility index (Phi) is 3.72. The Labute approximate surface area is 105 Å². The van der Waals surface area contributed by atoms with Crippen LogP contribution in [0.1, 0.15) is 11.3 Å². The molecule has 0 saturated carbocycles. The van der Waals surface area contributed by atoms with Crippen LogP contribution in [0.2, 0.25) is 0 Å². The van der Waals surface area contributed by atoms with Crippen LogP contribution in [0.5, 0.6) is 11.6 Å². The number of nitrogens with zero attached hydrogens (tertiary/aromatic N) is 3. The Morgan fingerprint density at radius 1 is 1.28 bits per heavy atom. The van der Waals surface area contributed by atoms with Crippen molar-refractivity contribution in [2.75, 3.05) is 7.11 Å². The predicted molar refractivity (Wildman–Crippen MR) is 64.1 cm³/mol. The molecule has 0 N–H and O–H groups in total. The van der Waals surface area contributed by atoms with E-state index in [2.05, 4.69) is 9.97 Å². The highest BCUT2D eigenvalue weighted by molar-refractivity contribution is 5.28. The van der Waals surface area contributed by atoms with Gasteiger partial charge in [0.05, 0.1) is 19.5 Å². The van der Waals surface area contributed by atoms with Crippen molar-refractivity contribution >= 4 is 0 Å². The summed E-state index contributed by atoms with van der Waals surface area (Å²) < 4.78 is 10.6. The molecule has 1 aromatic heterocycles. The minimum absolute atomic E-state index is 0.267. The number of hydrogen-bond donors (Lipinski definition) is 0. The number of rotatable bonds is 4. The molecule has 2 rings (SSSR count). The average molecular weight is 241 g/mol. The summed E-state index contributed by atoms with van der Waals surface area (Å²) >= 11 is 0. The summed E-state index contributed by atoms with van der Waals surface area (Å²) in [5, 5.41) is 8.59. The van der Waals surface area contributed by atoms with Crippen LogP contribution in [0, 0.1) is 11.3 Å². The molecule has 18 heavy (non-hydrogen) atoms. The molecule has 0 saturated heterocycles. The van der Waals surface area contributed by atoms with E-state index in [0.717, 1.165) is 11.3 Å². The average Bonchev–Trinajstić information content (AvgIpc) is 2.46. The predicted octanol–water partition coefficient (Wildman–Crippen LogP) is 1.94. The minimum atomic E-state index is 0.267. The third kappa shape index (κ3) is 2.95. The fourth-order valence-electron chi connectivity index (χ4n) is 1.37. The lowest BCUT2D eigenvalue weighted by Gasteiger charge is -2.06. The van der Waals surface area contributed by atoms with Crippen molar-refractivity contribution in [3.05, 3.63) is 47.9 Å². The molecule has 1 aromatic carbocycles. The smallest absolute Gasteiger partial charge is 0.232 e. The van der Waals surface area contributed by atoms with Gasteiger partial charge in [0.15, 0.2) is 5.69 Å². The first-order valence-corrected chi connectivity index (χ1v) is 5.29. The molecule has 0 radical (unpaired) electrons. The molecule has 0 aliphatic rings. The van der Waals surface area contributed by atoms with Gasteiger partial charge in [-0.25, -0.2) is 9.97 Å². The zero-order valence-electron chi connectivity index (χ0n) is 9.83. The molecule has 0 atom stereocenters. The van der Waals surface area contributed by atoms with E-state index >= 15 is 0 Å². The van der Waals surface area contributed by atoms with Gasteiger partial charge in [0.25, 0.3) is 0 Å². The fraction of sp³-hybridized carbons (Fsp3) is 0.154.